The van der Waals surface area contributed by atoms with Crippen molar-refractivity contribution in [2.24, 2.45) is 0 Å². The summed E-state index contributed by atoms with van der Waals surface area (Å²) in [5, 5.41) is 9.85. The minimum absolute atomic E-state index is 0.105. The van der Waals surface area contributed by atoms with E-state index < -0.39 is 0 Å². The Bertz CT molecular complexity index is 716. The minimum Gasteiger partial charge on any atom is -0.486 e. The average Bonchev–Trinajstić information content (AvgIpc) is 3.03. The number of carbonyl (C=O) groups is 1. The number of hydrogen-bond donors (Lipinski definition) is 2. The topological polar surface area (TPSA) is 79.5 Å². The number of aromatic amines is 1. The van der Waals surface area contributed by atoms with Crippen LogP contribution in [-0.2, 0) is 6.42 Å². The van der Waals surface area contributed by atoms with E-state index in [1.54, 1.807) is 11.9 Å². The van der Waals surface area contributed by atoms with Crippen LogP contribution in [0.5, 0.6) is 11.5 Å². The number of H-pyrrole nitrogens is 1. The van der Waals surface area contributed by atoms with Gasteiger partial charge in [0.25, 0.3) is 0 Å². The molecular formula is C18H24N4O3. The molecule has 2 aromatic rings. The number of aryl methyl sites for hydroxylation is 2. The molecule has 2 heterocycles. The summed E-state index contributed by atoms with van der Waals surface area (Å²) >= 11 is 0. The van der Waals surface area contributed by atoms with Crippen LogP contribution < -0.4 is 14.8 Å². The lowest BCUT2D eigenvalue weighted by Crippen LogP contribution is -2.45. The first kappa shape index (κ1) is 17.1. The molecule has 7 nitrogen and oxygen atoms in total. The maximum atomic E-state index is 12.2. The Morgan fingerprint density at radius 1 is 1.40 bits per heavy atom. The van der Waals surface area contributed by atoms with E-state index in [9.17, 15) is 4.79 Å². The van der Waals surface area contributed by atoms with Gasteiger partial charge in [-0.2, -0.15) is 5.10 Å². The first-order chi connectivity index (χ1) is 12.1. The van der Waals surface area contributed by atoms with Gasteiger partial charge in [0.15, 0.2) is 17.6 Å². The first-order valence-corrected chi connectivity index (χ1v) is 8.50. The third-order valence-corrected chi connectivity index (χ3v) is 4.23. The van der Waals surface area contributed by atoms with E-state index in [1.807, 2.05) is 37.4 Å². The number of carbonyl (C=O) groups excluding carboxylic acids is 1. The number of rotatable bonds is 6. The number of nitrogens with one attached hydrogen (secondary N) is 2. The summed E-state index contributed by atoms with van der Waals surface area (Å²) in [7, 11) is 1.76. The first-order valence-electron chi connectivity index (χ1n) is 8.50. The molecule has 0 spiro atoms. The van der Waals surface area contributed by atoms with E-state index in [4.69, 9.17) is 9.47 Å². The largest absolute Gasteiger partial charge is 0.486 e. The van der Waals surface area contributed by atoms with Gasteiger partial charge in [-0.15, -0.1) is 0 Å². The fraction of sp³-hybridized carbons (Fsp3) is 0.444. The molecule has 0 bridgehead atoms. The van der Waals surface area contributed by atoms with Gasteiger partial charge in [0.2, 0.25) is 0 Å². The van der Waals surface area contributed by atoms with Gasteiger partial charge in [-0.05, 0) is 37.5 Å². The highest BCUT2D eigenvalue weighted by atomic mass is 16.6. The number of likely N-dealkylation sites (N-methyl/N-ethyl adjacent to an activating group) is 1. The Morgan fingerprint density at radius 2 is 2.20 bits per heavy atom. The van der Waals surface area contributed by atoms with E-state index in [0.717, 1.165) is 30.0 Å². The zero-order valence-corrected chi connectivity index (χ0v) is 14.6. The van der Waals surface area contributed by atoms with Crippen LogP contribution in [-0.4, -0.2) is 54.0 Å². The van der Waals surface area contributed by atoms with Crippen LogP contribution in [0, 0.1) is 6.92 Å². The molecule has 1 aliphatic rings. The van der Waals surface area contributed by atoms with Crippen LogP contribution in [0.3, 0.4) is 0 Å². The Kier molecular flexibility index (Phi) is 5.42. The molecule has 3 rings (SSSR count). The quantitative estimate of drug-likeness (QED) is 0.787. The van der Waals surface area contributed by atoms with Crippen LogP contribution in [0.25, 0.3) is 0 Å². The third kappa shape index (κ3) is 4.43. The fourth-order valence-corrected chi connectivity index (χ4v) is 2.78. The molecule has 134 valence electrons. The maximum Gasteiger partial charge on any atom is 0.317 e. The van der Waals surface area contributed by atoms with Gasteiger partial charge in [-0.3, -0.25) is 5.10 Å². The zero-order chi connectivity index (χ0) is 17.6. The molecule has 0 unspecified atom stereocenters. The van der Waals surface area contributed by atoms with E-state index in [-0.39, 0.29) is 12.1 Å². The average molecular weight is 344 g/mol. The standard InChI is InChI=1S/C18H24N4O3/c1-13-14(10-20-21-13)6-5-9-19-18(23)22(2)11-15-12-24-16-7-3-4-8-17(16)25-15/h3-4,7-8,10,15H,5-6,9,11-12H2,1-2H3,(H,19,23)(H,20,21)/t15-/m1/s1. The van der Waals surface area contributed by atoms with Gasteiger partial charge >= 0.3 is 6.03 Å². The molecule has 0 radical (unpaired) electrons. The van der Waals surface area contributed by atoms with Crippen LogP contribution in [0.15, 0.2) is 30.5 Å². The lowest BCUT2D eigenvalue weighted by atomic mass is 10.1. The summed E-state index contributed by atoms with van der Waals surface area (Å²) < 4.78 is 11.6. The predicted molar refractivity (Wildman–Crippen MR) is 94.0 cm³/mol. The van der Waals surface area contributed by atoms with Crippen LogP contribution >= 0.6 is 0 Å². The van der Waals surface area contributed by atoms with Crippen molar-refractivity contribution in [3.8, 4) is 11.5 Å². The normalized spacial score (nSPS) is 15.7. The molecule has 0 saturated heterocycles. The minimum atomic E-state index is -0.167. The van der Waals surface area contributed by atoms with Gasteiger partial charge in [0.05, 0.1) is 12.7 Å². The number of amides is 2. The van der Waals surface area contributed by atoms with Crippen molar-refractivity contribution in [1.82, 2.24) is 20.4 Å². The van der Waals surface area contributed by atoms with E-state index in [0.29, 0.717) is 19.7 Å². The molecule has 0 aliphatic carbocycles. The lowest BCUT2D eigenvalue weighted by molar-refractivity contribution is 0.0716. The molecule has 0 fully saturated rings. The Balaban J connectivity index is 1.39. The van der Waals surface area contributed by atoms with Crippen molar-refractivity contribution in [2.75, 3.05) is 26.7 Å². The van der Waals surface area contributed by atoms with Gasteiger partial charge in [-0.25, -0.2) is 4.79 Å². The summed E-state index contributed by atoms with van der Waals surface area (Å²) in [6.07, 6.45) is 3.43. The van der Waals surface area contributed by atoms with Gasteiger partial charge in [0, 0.05) is 19.3 Å². The smallest absolute Gasteiger partial charge is 0.317 e. The monoisotopic (exact) mass is 344 g/mol. The second-order valence-electron chi connectivity index (χ2n) is 6.23. The predicted octanol–water partition coefficient (Wildman–Crippen LogP) is 2.13. The molecule has 1 aliphatic heterocycles. The van der Waals surface area contributed by atoms with Gasteiger partial charge in [-0.1, -0.05) is 12.1 Å². The summed E-state index contributed by atoms with van der Waals surface area (Å²) in [6, 6.07) is 7.46. The van der Waals surface area contributed by atoms with Crippen LogP contribution in [0.4, 0.5) is 4.79 Å². The highest BCUT2D eigenvalue weighted by molar-refractivity contribution is 5.73. The van der Waals surface area contributed by atoms with Crippen LogP contribution in [0.1, 0.15) is 17.7 Å². The number of ether oxygens (including phenoxy) is 2. The van der Waals surface area contributed by atoms with Crippen molar-refractivity contribution < 1.29 is 14.3 Å². The molecule has 1 aromatic carbocycles. The molecule has 0 saturated carbocycles. The maximum absolute atomic E-state index is 12.2. The Labute approximate surface area is 147 Å². The number of hydrogen-bond acceptors (Lipinski definition) is 4. The number of urea groups is 1. The number of para-hydroxylation sites is 2. The van der Waals surface area contributed by atoms with Crippen molar-refractivity contribution in [1.29, 1.82) is 0 Å². The highest BCUT2D eigenvalue weighted by Gasteiger charge is 2.23. The molecule has 1 aromatic heterocycles. The Hall–Kier alpha value is -2.70. The van der Waals surface area contributed by atoms with E-state index in [2.05, 4.69) is 15.5 Å². The van der Waals surface area contributed by atoms with E-state index in [1.165, 1.54) is 5.56 Å². The van der Waals surface area contributed by atoms with Crippen molar-refractivity contribution in [3.63, 3.8) is 0 Å². The second-order valence-corrected chi connectivity index (χ2v) is 6.23. The van der Waals surface area contributed by atoms with Gasteiger partial charge < -0.3 is 19.7 Å². The molecule has 25 heavy (non-hydrogen) atoms. The number of benzene rings is 1. The summed E-state index contributed by atoms with van der Waals surface area (Å²) in [5.74, 6) is 1.48. The van der Waals surface area contributed by atoms with Crippen molar-refractivity contribution in [3.05, 3.63) is 41.7 Å². The molecule has 7 heteroatoms. The number of aromatic nitrogens is 2. The van der Waals surface area contributed by atoms with E-state index >= 15 is 0 Å². The van der Waals surface area contributed by atoms with Crippen LogP contribution in [0.2, 0.25) is 0 Å². The summed E-state index contributed by atoms with van der Waals surface area (Å²) in [5.41, 5.74) is 2.27. The van der Waals surface area contributed by atoms with Crippen molar-refractivity contribution in [2.45, 2.75) is 25.9 Å². The second kappa shape index (κ2) is 7.92. The SMILES string of the molecule is Cc1[nH]ncc1CCCNC(=O)N(C)C[C@@H]1COc2ccccc2O1. The zero-order valence-electron chi connectivity index (χ0n) is 14.6. The highest BCUT2D eigenvalue weighted by Crippen LogP contribution is 2.30. The van der Waals surface area contributed by atoms with Crippen molar-refractivity contribution >= 4 is 6.03 Å². The Morgan fingerprint density at radius 3 is 2.96 bits per heavy atom. The molecule has 1 atom stereocenters. The summed E-state index contributed by atoms with van der Waals surface area (Å²) in [6.45, 7) is 3.53. The molecule has 2 N–H and O–H groups in total. The van der Waals surface area contributed by atoms with Gasteiger partial charge in [0.1, 0.15) is 6.61 Å². The lowest BCUT2D eigenvalue weighted by Gasteiger charge is -2.29. The number of nitrogens with zero attached hydrogens (tertiary/aromatic N) is 2. The summed E-state index contributed by atoms with van der Waals surface area (Å²) in [4.78, 5) is 13.8. The molecular weight excluding hydrogens is 320 g/mol. The fourth-order valence-electron chi connectivity index (χ4n) is 2.78. The third-order valence-electron chi connectivity index (χ3n) is 4.23. The number of fused-ring (bicyclic) bond motifs is 1. The molecule has 2 amide bonds.